The van der Waals surface area contributed by atoms with Gasteiger partial charge >= 0.3 is 0 Å². The Bertz CT molecular complexity index is 873. The van der Waals surface area contributed by atoms with Crippen molar-refractivity contribution >= 4 is 11.5 Å². The molecule has 1 saturated heterocycles. The third-order valence-corrected chi connectivity index (χ3v) is 7.00. The average Bonchev–Trinajstić information content (AvgIpc) is 3.24. The van der Waals surface area contributed by atoms with Gasteiger partial charge in [0.2, 0.25) is 5.91 Å². The van der Waals surface area contributed by atoms with Gasteiger partial charge in [-0.05, 0) is 56.4 Å². The van der Waals surface area contributed by atoms with Crippen LogP contribution in [-0.2, 0) is 11.3 Å². The lowest BCUT2D eigenvalue weighted by molar-refractivity contribution is -0.135. The zero-order valence-corrected chi connectivity index (χ0v) is 17.8. The highest BCUT2D eigenvalue weighted by Gasteiger charge is 2.55. The molecule has 0 bridgehead atoms. The van der Waals surface area contributed by atoms with Gasteiger partial charge in [-0.15, -0.1) is 0 Å². The van der Waals surface area contributed by atoms with E-state index in [9.17, 15) is 14.7 Å². The zero-order valence-electron chi connectivity index (χ0n) is 17.8. The van der Waals surface area contributed by atoms with E-state index in [-0.39, 0.29) is 42.0 Å². The maximum atomic E-state index is 13.3. The smallest absolute Gasteiger partial charge is 0.258 e. The van der Waals surface area contributed by atoms with Crippen LogP contribution in [0.5, 0.6) is 0 Å². The van der Waals surface area contributed by atoms with Crippen molar-refractivity contribution in [1.29, 1.82) is 0 Å². The number of aromatic nitrogens is 1. The highest BCUT2D eigenvalue weighted by atomic mass is 16.3. The highest BCUT2D eigenvalue weighted by Crippen LogP contribution is 2.49. The number of amides is 1. The van der Waals surface area contributed by atoms with Crippen molar-refractivity contribution in [3.8, 4) is 0 Å². The van der Waals surface area contributed by atoms with Crippen LogP contribution in [0.2, 0.25) is 0 Å². The maximum Gasteiger partial charge on any atom is 0.258 e. The molecule has 1 N–H and O–H groups in total. The monoisotopic (exact) mass is 399 g/mol. The fraction of sp³-hybridized carbons (Fsp3) is 0.652. The third kappa shape index (κ3) is 3.26. The molecular weight excluding hydrogens is 366 g/mol. The zero-order chi connectivity index (χ0) is 20.7. The molecular formula is C23H33N3O3. The average molecular weight is 400 g/mol. The number of likely N-dealkylation sites (tertiary alicyclic amines) is 1. The van der Waals surface area contributed by atoms with Crippen molar-refractivity contribution < 1.29 is 9.90 Å². The highest BCUT2D eigenvalue weighted by molar-refractivity contribution is 5.82. The second kappa shape index (κ2) is 8.07. The number of hydrogen-bond acceptors (Lipinski definition) is 4. The lowest BCUT2D eigenvalue weighted by Gasteiger charge is -2.32. The van der Waals surface area contributed by atoms with Crippen LogP contribution in [0.3, 0.4) is 0 Å². The summed E-state index contributed by atoms with van der Waals surface area (Å²) < 4.78 is 1.92. The van der Waals surface area contributed by atoms with Crippen LogP contribution in [0, 0.1) is 11.8 Å². The number of aliphatic hydroxyl groups is 1. The minimum absolute atomic E-state index is 0.0167. The van der Waals surface area contributed by atoms with Gasteiger partial charge in [0.15, 0.2) is 0 Å². The molecule has 29 heavy (non-hydrogen) atoms. The first-order valence-electron chi connectivity index (χ1n) is 11.0. The number of aliphatic hydroxyl groups excluding tert-OH is 1. The summed E-state index contributed by atoms with van der Waals surface area (Å²) in [5, 5.41) is 10.2. The Morgan fingerprint density at radius 1 is 1.28 bits per heavy atom. The molecule has 3 aliphatic rings. The minimum atomic E-state index is -0.325. The number of allylic oxidation sites excluding steroid dienone is 2. The van der Waals surface area contributed by atoms with Crippen molar-refractivity contribution in [2.24, 2.45) is 11.8 Å². The number of fused-ring (bicyclic) bond motifs is 3. The summed E-state index contributed by atoms with van der Waals surface area (Å²) in [6.07, 6.45) is 7.51. The molecule has 0 radical (unpaired) electrons. The van der Waals surface area contributed by atoms with Gasteiger partial charge in [-0.3, -0.25) is 14.5 Å². The first kappa shape index (κ1) is 20.4. The second-order valence-corrected chi connectivity index (χ2v) is 8.93. The summed E-state index contributed by atoms with van der Waals surface area (Å²) in [6.45, 7) is 3.44. The SMILES string of the molecule is CCCN1[C@@H]2c3ccc(C4=CCCCC4)c(=O)n3C[C@@H]2[C@@H](CO)[C@@H]1C(=O)N(C)C. The number of rotatable bonds is 5. The molecule has 158 valence electrons. The molecule has 0 saturated carbocycles. The van der Waals surface area contributed by atoms with Crippen LogP contribution in [0.15, 0.2) is 23.0 Å². The fourth-order valence-corrected chi connectivity index (χ4v) is 5.70. The van der Waals surface area contributed by atoms with E-state index in [1.54, 1.807) is 19.0 Å². The molecule has 2 aliphatic heterocycles. The van der Waals surface area contributed by atoms with Crippen molar-refractivity contribution in [2.45, 2.75) is 57.7 Å². The van der Waals surface area contributed by atoms with Gasteiger partial charge < -0.3 is 14.6 Å². The number of likely N-dealkylation sites (N-methyl/N-ethyl adjacent to an activating group) is 1. The molecule has 1 aromatic rings. The van der Waals surface area contributed by atoms with Crippen LogP contribution < -0.4 is 5.56 Å². The Morgan fingerprint density at radius 3 is 2.69 bits per heavy atom. The summed E-state index contributed by atoms with van der Waals surface area (Å²) >= 11 is 0. The van der Waals surface area contributed by atoms with Gasteiger partial charge in [0.1, 0.15) is 0 Å². The normalized spacial score (nSPS) is 28.8. The molecule has 1 amide bonds. The van der Waals surface area contributed by atoms with Gasteiger partial charge in [0, 0.05) is 50.3 Å². The van der Waals surface area contributed by atoms with E-state index >= 15 is 0 Å². The van der Waals surface area contributed by atoms with Gasteiger partial charge in [0.05, 0.1) is 12.1 Å². The van der Waals surface area contributed by atoms with Gasteiger partial charge in [-0.1, -0.05) is 13.0 Å². The molecule has 3 heterocycles. The quantitative estimate of drug-likeness (QED) is 0.825. The minimum Gasteiger partial charge on any atom is -0.396 e. The van der Waals surface area contributed by atoms with Gasteiger partial charge in [0.25, 0.3) is 5.56 Å². The predicted molar refractivity (Wildman–Crippen MR) is 113 cm³/mol. The Labute approximate surface area is 172 Å². The summed E-state index contributed by atoms with van der Waals surface area (Å²) in [4.78, 5) is 30.2. The standard InChI is InChI=1S/C23H33N3O3/c1-4-12-25-20-17(18(14-27)21(25)23(29)24(2)3)13-26-19(20)11-10-16(22(26)28)15-8-6-5-7-9-15/h8,10-11,17-18,20-21,27H,4-7,9,12-14H2,1-3H3/t17-,18-,20+,21-/m1/s1. The summed E-state index contributed by atoms with van der Waals surface area (Å²) in [5.41, 5.74) is 3.10. The van der Waals surface area contributed by atoms with Crippen molar-refractivity contribution in [1.82, 2.24) is 14.4 Å². The van der Waals surface area contributed by atoms with Gasteiger partial charge in [-0.25, -0.2) is 0 Å². The van der Waals surface area contributed by atoms with E-state index in [1.807, 2.05) is 10.6 Å². The van der Waals surface area contributed by atoms with Crippen LogP contribution in [0.1, 0.15) is 56.3 Å². The molecule has 1 aliphatic carbocycles. The molecule has 6 nitrogen and oxygen atoms in total. The van der Waals surface area contributed by atoms with Crippen molar-refractivity contribution in [3.05, 3.63) is 39.8 Å². The summed E-state index contributed by atoms with van der Waals surface area (Å²) in [6, 6.07) is 3.78. The molecule has 0 aromatic carbocycles. The molecule has 4 atom stereocenters. The van der Waals surface area contributed by atoms with Crippen LogP contribution in [0.4, 0.5) is 0 Å². The molecule has 4 rings (SSSR count). The number of pyridine rings is 1. The Kier molecular flexibility index (Phi) is 5.67. The number of hydrogen-bond donors (Lipinski definition) is 1. The summed E-state index contributed by atoms with van der Waals surface area (Å²) in [7, 11) is 3.55. The number of nitrogens with zero attached hydrogens (tertiary/aromatic N) is 3. The molecule has 1 fully saturated rings. The van der Waals surface area contributed by atoms with E-state index in [1.165, 1.54) is 12.0 Å². The van der Waals surface area contributed by atoms with E-state index in [0.29, 0.717) is 6.54 Å². The van der Waals surface area contributed by atoms with Crippen LogP contribution in [0.25, 0.3) is 5.57 Å². The van der Waals surface area contributed by atoms with Crippen LogP contribution >= 0.6 is 0 Å². The number of carbonyl (C=O) groups excluding carboxylic acids is 1. The lowest BCUT2D eigenvalue weighted by Crippen LogP contribution is -2.48. The molecule has 0 unspecified atom stereocenters. The Balaban J connectivity index is 1.76. The topological polar surface area (TPSA) is 65.8 Å². The third-order valence-electron chi connectivity index (χ3n) is 7.00. The fourth-order valence-electron chi connectivity index (χ4n) is 5.70. The molecule has 6 heteroatoms. The predicted octanol–water partition coefficient (Wildman–Crippen LogP) is 2.27. The molecule has 0 spiro atoms. The maximum absolute atomic E-state index is 13.3. The van der Waals surface area contributed by atoms with E-state index in [0.717, 1.165) is 43.5 Å². The summed E-state index contributed by atoms with van der Waals surface area (Å²) in [5.74, 6) is -0.0217. The van der Waals surface area contributed by atoms with E-state index in [2.05, 4.69) is 24.0 Å². The van der Waals surface area contributed by atoms with Crippen LogP contribution in [-0.4, -0.2) is 58.7 Å². The lowest BCUT2D eigenvalue weighted by atomic mass is 9.88. The molecule has 1 aromatic heterocycles. The second-order valence-electron chi connectivity index (χ2n) is 8.93. The van der Waals surface area contributed by atoms with E-state index in [4.69, 9.17) is 0 Å². The van der Waals surface area contributed by atoms with Gasteiger partial charge in [-0.2, -0.15) is 0 Å². The Morgan fingerprint density at radius 2 is 2.07 bits per heavy atom. The first-order chi connectivity index (χ1) is 14.0. The van der Waals surface area contributed by atoms with Crippen molar-refractivity contribution in [3.63, 3.8) is 0 Å². The van der Waals surface area contributed by atoms with Crippen molar-refractivity contribution in [2.75, 3.05) is 27.2 Å². The largest absolute Gasteiger partial charge is 0.396 e. The number of carbonyl (C=O) groups is 1. The first-order valence-corrected chi connectivity index (χ1v) is 11.0. The van der Waals surface area contributed by atoms with E-state index < -0.39 is 0 Å². The Hall–Kier alpha value is -1.92.